The molecule has 4 rings (SSSR count). The quantitative estimate of drug-likeness (QED) is 0.251. The molecule has 1 aliphatic carbocycles. The Morgan fingerprint density at radius 3 is 2.32 bits per heavy atom. The molecule has 3 aromatic carbocycles. The van der Waals surface area contributed by atoms with Crippen LogP contribution in [0.15, 0.2) is 83.9 Å². The van der Waals surface area contributed by atoms with E-state index in [0.29, 0.717) is 0 Å². The molecule has 41 heavy (non-hydrogen) atoms. The van der Waals surface area contributed by atoms with Crippen molar-refractivity contribution in [1.82, 2.24) is 4.31 Å². The maximum absolute atomic E-state index is 13.6. The van der Waals surface area contributed by atoms with Gasteiger partial charge in [-0.1, -0.05) is 78.8 Å². The number of nitrogens with one attached hydrogen (secondary N) is 1. The van der Waals surface area contributed by atoms with E-state index in [2.05, 4.69) is 52.4 Å². The molecular formula is C33H36F3N3OS. The average molecular weight is 580 g/mol. The van der Waals surface area contributed by atoms with E-state index in [1.165, 1.54) is 6.07 Å². The van der Waals surface area contributed by atoms with Gasteiger partial charge in [0.2, 0.25) is 0 Å². The second kappa shape index (κ2) is 12.6. The van der Waals surface area contributed by atoms with Crippen molar-refractivity contribution in [3.63, 3.8) is 0 Å². The minimum absolute atomic E-state index is 0.0966. The average Bonchev–Trinajstić information content (AvgIpc) is 2.96. The number of hydrogen-bond donors (Lipinski definition) is 2. The smallest absolute Gasteiger partial charge is 0.383 e. The van der Waals surface area contributed by atoms with Gasteiger partial charge in [0.15, 0.2) is 0 Å². The van der Waals surface area contributed by atoms with Crippen LogP contribution in [0.1, 0.15) is 48.8 Å². The van der Waals surface area contributed by atoms with E-state index in [1.54, 1.807) is 6.07 Å². The first-order valence-corrected chi connectivity index (χ1v) is 15.0. The van der Waals surface area contributed by atoms with Crippen LogP contribution in [0.4, 0.5) is 18.9 Å². The van der Waals surface area contributed by atoms with Gasteiger partial charge in [0.05, 0.1) is 17.2 Å². The van der Waals surface area contributed by atoms with Crippen molar-refractivity contribution >= 4 is 22.2 Å². The molecule has 0 spiro atoms. The summed E-state index contributed by atoms with van der Waals surface area (Å²) in [4.78, 5) is 1.14. The van der Waals surface area contributed by atoms with Gasteiger partial charge in [0.1, 0.15) is 5.60 Å². The fourth-order valence-electron chi connectivity index (χ4n) is 5.50. The Bertz CT molecular complexity index is 1450. The lowest BCUT2D eigenvalue weighted by Gasteiger charge is -2.40. The fourth-order valence-corrected chi connectivity index (χ4v) is 6.37. The number of nitrogens with zero attached hydrogens (tertiary/aromatic N) is 2. The van der Waals surface area contributed by atoms with Gasteiger partial charge in [-0.15, -0.1) is 0 Å². The highest BCUT2D eigenvalue weighted by atomic mass is 32.2. The zero-order valence-corrected chi connectivity index (χ0v) is 24.3. The molecule has 0 amide bonds. The molecule has 0 bridgehead atoms. The van der Waals surface area contributed by atoms with E-state index in [1.807, 2.05) is 32.3 Å². The number of alkyl halides is 3. The number of hydrogen-bond acceptors (Lipinski definition) is 4. The second-order valence-electron chi connectivity index (χ2n) is 10.8. The summed E-state index contributed by atoms with van der Waals surface area (Å²) < 4.78 is 42.8. The molecule has 1 aliphatic rings. The van der Waals surface area contributed by atoms with Crippen molar-refractivity contribution in [1.29, 1.82) is 5.26 Å². The maximum atomic E-state index is 13.6. The van der Waals surface area contributed by atoms with Gasteiger partial charge in [-0.25, -0.2) is 0 Å². The third kappa shape index (κ3) is 7.10. The molecule has 1 saturated carbocycles. The van der Waals surface area contributed by atoms with Crippen LogP contribution >= 0.6 is 10.7 Å². The highest BCUT2D eigenvalue weighted by Crippen LogP contribution is 2.41. The van der Waals surface area contributed by atoms with Crippen molar-refractivity contribution in [2.45, 2.75) is 55.2 Å². The number of halogens is 3. The first kappa shape index (κ1) is 30.6. The highest BCUT2D eigenvalue weighted by Gasteiger charge is 2.41. The monoisotopic (exact) mass is 579 g/mol. The summed E-state index contributed by atoms with van der Waals surface area (Å²) in [6.07, 6.45) is 0.234. The SMILES string of the molecule is C=C(Nc1ccc(C#N)c(C(F)(F)F)c1)C(O)(Cc1cccc(-c2ccc(S(=C)N(C)C)cc2)c1)C1CCCCC1. The van der Waals surface area contributed by atoms with Crippen molar-refractivity contribution < 1.29 is 18.3 Å². The van der Waals surface area contributed by atoms with Crippen molar-refractivity contribution in [3.8, 4) is 17.2 Å². The molecule has 0 radical (unpaired) electrons. The molecule has 216 valence electrons. The number of aliphatic hydroxyl groups is 1. The largest absolute Gasteiger partial charge is 0.417 e. The normalized spacial score (nSPS) is 16.5. The van der Waals surface area contributed by atoms with Crippen molar-refractivity contribution in [2.75, 3.05) is 19.4 Å². The minimum atomic E-state index is -4.68. The summed E-state index contributed by atoms with van der Waals surface area (Å²) in [5.74, 6) is 4.13. The van der Waals surface area contributed by atoms with Gasteiger partial charge >= 0.3 is 6.18 Å². The highest BCUT2D eigenvalue weighted by molar-refractivity contribution is 8.12. The third-order valence-corrected chi connectivity index (χ3v) is 9.54. The Morgan fingerprint density at radius 1 is 1.02 bits per heavy atom. The van der Waals surface area contributed by atoms with E-state index in [4.69, 9.17) is 5.26 Å². The molecule has 4 nitrogen and oxygen atoms in total. The van der Waals surface area contributed by atoms with Crippen LogP contribution in [-0.4, -0.2) is 35.0 Å². The molecule has 2 unspecified atom stereocenters. The lowest BCUT2D eigenvalue weighted by atomic mass is 9.72. The molecule has 8 heteroatoms. The molecule has 0 aromatic heterocycles. The predicted molar refractivity (Wildman–Crippen MR) is 163 cm³/mol. The van der Waals surface area contributed by atoms with Crippen molar-refractivity contribution in [2.24, 2.45) is 5.92 Å². The van der Waals surface area contributed by atoms with Crippen LogP contribution in [0, 0.1) is 17.2 Å². The number of anilines is 1. The van der Waals surface area contributed by atoms with Crippen LogP contribution in [0.5, 0.6) is 0 Å². The lowest BCUT2D eigenvalue weighted by Crippen LogP contribution is -2.45. The summed E-state index contributed by atoms with van der Waals surface area (Å²) in [6.45, 7) is 4.13. The predicted octanol–water partition coefficient (Wildman–Crippen LogP) is 8.26. The fraction of sp³-hybridized carbons (Fsp3) is 0.333. The Morgan fingerprint density at radius 2 is 1.71 bits per heavy atom. The van der Waals surface area contributed by atoms with Gasteiger partial charge in [0.25, 0.3) is 0 Å². The second-order valence-corrected chi connectivity index (χ2v) is 12.7. The Balaban J connectivity index is 1.63. The zero-order valence-electron chi connectivity index (χ0n) is 23.5. The van der Waals surface area contributed by atoms with Crippen LogP contribution in [0.2, 0.25) is 0 Å². The van der Waals surface area contributed by atoms with Crippen LogP contribution in [0.25, 0.3) is 11.1 Å². The summed E-state index contributed by atoms with van der Waals surface area (Å²) in [5, 5.41) is 24.3. The summed E-state index contributed by atoms with van der Waals surface area (Å²) in [5.41, 5.74) is 0.487. The van der Waals surface area contributed by atoms with Gasteiger partial charge in [0, 0.05) is 22.7 Å². The molecule has 1 fully saturated rings. The first-order valence-electron chi connectivity index (χ1n) is 13.6. The van der Waals surface area contributed by atoms with Crippen LogP contribution in [0.3, 0.4) is 0 Å². The molecule has 2 atom stereocenters. The topological polar surface area (TPSA) is 59.3 Å². The van der Waals surface area contributed by atoms with E-state index in [0.717, 1.165) is 65.8 Å². The molecular weight excluding hydrogens is 543 g/mol. The number of rotatable bonds is 9. The van der Waals surface area contributed by atoms with Gasteiger partial charge in [-0.2, -0.15) is 18.4 Å². The van der Waals surface area contributed by atoms with E-state index >= 15 is 0 Å². The molecule has 0 saturated heterocycles. The molecule has 3 aromatic rings. The zero-order chi connectivity index (χ0) is 29.8. The van der Waals surface area contributed by atoms with Crippen LogP contribution < -0.4 is 5.32 Å². The van der Waals surface area contributed by atoms with E-state index in [9.17, 15) is 18.3 Å². The lowest BCUT2D eigenvalue weighted by molar-refractivity contribution is -0.137. The standard InChI is InChI=1S/C33H36F3N3OS/c1-23(38-29-16-13-27(22-37)31(20-29)33(34,35)36)32(40,28-11-6-5-7-12-28)21-24-9-8-10-26(19-24)25-14-17-30(18-15-25)41(4)39(2)3/h8-10,13-20,28,38,40H,1,4-7,11-12,21H2,2-3H3. The summed E-state index contributed by atoms with van der Waals surface area (Å²) >= 11 is 0. The van der Waals surface area contributed by atoms with Gasteiger partial charge in [-0.05, 0) is 79.9 Å². The summed E-state index contributed by atoms with van der Waals surface area (Å²) in [6, 6.07) is 21.4. The Labute approximate surface area is 243 Å². The van der Waals surface area contributed by atoms with Crippen molar-refractivity contribution in [3.05, 3.63) is 95.7 Å². The maximum Gasteiger partial charge on any atom is 0.417 e. The van der Waals surface area contributed by atoms with Gasteiger partial charge < -0.3 is 10.4 Å². The van der Waals surface area contributed by atoms with Gasteiger partial charge in [-0.3, -0.25) is 4.31 Å². The number of nitriles is 1. The molecule has 0 aliphatic heterocycles. The van der Waals surface area contributed by atoms with Crippen LogP contribution in [-0.2, 0) is 12.6 Å². The Hall–Kier alpha value is -3.38. The van der Waals surface area contributed by atoms with E-state index < -0.39 is 22.9 Å². The Kier molecular flexibility index (Phi) is 9.43. The molecule has 2 N–H and O–H groups in total. The number of benzene rings is 3. The molecule has 0 heterocycles. The summed E-state index contributed by atoms with van der Waals surface area (Å²) in [7, 11) is 3.75. The minimum Gasteiger partial charge on any atom is -0.383 e. The van der Waals surface area contributed by atoms with E-state index in [-0.39, 0.29) is 34.4 Å². The first-order chi connectivity index (χ1) is 19.4. The third-order valence-electron chi connectivity index (χ3n) is 7.84.